The van der Waals surface area contributed by atoms with E-state index >= 15 is 0 Å². The van der Waals surface area contributed by atoms with Gasteiger partial charge in [0.15, 0.2) is 9.84 Å². The molecule has 1 rings (SSSR count). The molecule has 0 aliphatic heterocycles. The quantitative estimate of drug-likeness (QED) is 0.488. The molecule has 0 bridgehead atoms. The molecular weight excluding hydrogens is 320 g/mol. The molecule has 0 N–H and O–H groups in total. The molecule has 0 unspecified atom stereocenters. The van der Waals surface area contributed by atoms with E-state index in [4.69, 9.17) is 4.74 Å². The maximum Gasteiger partial charge on any atom is 0.155 e. The summed E-state index contributed by atoms with van der Waals surface area (Å²) in [4.78, 5) is 0. The Morgan fingerprint density at radius 2 is 1.38 bits per heavy atom. The van der Waals surface area contributed by atoms with Gasteiger partial charge in [0.05, 0.1) is 17.1 Å². The van der Waals surface area contributed by atoms with Crippen LogP contribution in [0, 0.1) is 0 Å². The summed E-state index contributed by atoms with van der Waals surface area (Å²) in [6.07, 6.45) is 7.62. The predicted octanol–water partition coefficient (Wildman–Crippen LogP) is 5.15. The van der Waals surface area contributed by atoms with Crippen molar-refractivity contribution in [2.24, 2.45) is 0 Å². The highest BCUT2D eigenvalue weighted by molar-refractivity contribution is 7.92. The van der Waals surface area contributed by atoms with Crippen LogP contribution < -0.4 is 0 Å². The SMILES string of the molecule is CC(C)(C)S(=O)(=O)CCCCCCCCCOCc1ccccc1. The number of benzene rings is 1. The molecule has 0 aliphatic rings. The predicted molar refractivity (Wildman–Crippen MR) is 102 cm³/mol. The Hall–Kier alpha value is -0.870. The molecule has 1 aromatic carbocycles. The molecule has 0 heterocycles. The lowest BCUT2D eigenvalue weighted by atomic mass is 10.1. The van der Waals surface area contributed by atoms with Gasteiger partial charge in [0.1, 0.15) is 0 Å². The van der Waals surface area contributed by atoms with Crippen molar-refractivity contribution < 1.29 is 13.2 Å². The van der Waals surface area contributed by atoms with E-state index in [1.807, 2.05) is 18.2 Å². The average Bonchev–Trinajstić information content (AvgIpc) is 2.52. The molecule has 0 fully saturated rings. The van der Waals surface area contributed by atoms with Gasteiger partial charge in [-0.3, -0.25) is 0 Å². The summed E-state index contributed by atoms with van der Waals surface area (Å²) >= 11 is 0. The summed E-state index contributed by atoms with van der Waals surface area (Å²) in [7, 11) is -2.94. The van der Waals surface area contributed by atoms with Crippen molar-refractivity contribution in [2.45, 2.75) is 77.1 Å². The lowest BCUT2D eigenvalue weighted by Gasteiger charge is -2.18. The molecule has 0 aromatic heterocycles. The Morgan fingerprint density at radius 3 is 1.96 bits per heavy atom. The highest BCUT2D eigenvalue weighted by atomic mass is 32.2. The minimum atomic E-state index is -2.94. The fourth-order valence-corrected chi connectivity index (χ4v) is 3.65. The lowest BCUT2D eigenvalue weighted by Crippen LogP contribution is -2.30. The summed E-state index contributed by atoms with van der Waals surface area (Å²) in [5, 5.41) is 0. The Labute approximate surface area is 148 Å². The lowest BCUT2D eigenvalue weighted by molar-refractivity contribution is 0.116. The molecule has 0 radical (unpaired) electrons. The molecule has 0 saturated heterocycles. The molecule has 0 amide bonds. The largest absolute Gasteiger partial charge is 0.377 e. The van der Waals surface area contributed by atoms with Gasteiger partial charge < -0.3 is 4.74 Å². The van der Waals surface area contributed by atoms with Crippen LogP contribution in [0.1, 0.15) is 71.3 Å². The standard InChI is InChI=1S/C20H34O3S/c1-20(2,3)24(21,22)17-13-8-6-4-5-7-12-16-23-18-19-14-10-9-11-15-19/h9-11,14-15H,4-8,12-13,16-18H2,1-3H3. The van der Waals surface area contributed by atoms with E-state index in [2.05, 4.69) is 12.1 Å². The highest BCUT2D eigenvalue weighted by Crippen LogP contribution is 2.18. The highest BCUT2D eigenvalue weighted by Gasteiger charge is 2.27. The number of unbranched alkanes of at least 4 members (excludes halogenated alkanes) is 6. The number of sulfone groups is 1. The van der Waals surface area contributed by atoms with Crippen LogP contribution >= 0.6 is 0 Å². The van der Waals surface area contributed by atoms with Gasteiger partial charge in [0, 0.05) is 6.61 Å². The number of ether oxygens (including phenoxy) is 1. The van der Waals surface area contributed by atoms with Gasteiger partial charge >= 0.3 is 0 Å². The Balaban J connectivity index is 1.91. The van der Waals surface area contributed by atoms with Crippen molar-refractivity contribution in [2.75, 3.05) is 12.4 Å². The van der Waals surface area contributed by atoms with Crippen molar-refractivity contribution in [1.29, 1.82) is 0 Å². The van der Waals surface area contributed by atoms with Crippen molar-refractivity contribution in [3.63, 3.8) is 0 Å². The average molecular weight is 355 g/mol. The summed E-state index contributed by atoms with van der Waals surface area (Å²) in [5.41, 5.74) is 1.22. The Morgan fingerprint density at radius 1 is 0.833 bits per heavy atom. The van der Waals surface area contributed by atoms with E-state index in [0.29, 0.717) is 12.4 Å². The molecule has 0 atom stereocenters. The van der Waals surface area contributed by atoms with E-state index in [-0.39, 0.29) is 0 Å². The van der Waals surface area contributed by atoms with E-state index in [1.165, 1.54) is 24.8 Å². The van der Waals surface area contributed by atoms with Gasteiger partial charge in [-0.1, -0.05) is 62.4 Å². The maximum atomic E-state index is 12.0. The topological polar surface area (TPSA) is 43.4 Å². The van der Waals surface area contributed by atoms with Gasteiger partial charge in [-0.05, 0) is 39.2 Å². The number of hydrogen-bond donors (Lipinski definition) is 0. The van der Waals surface area contributed by atoms with Gasteiger partial charge in [0.25, 0.3) is 0 Å². The first-order valence-electron chi connectivity index (χ1n) is 9.17. The first-order chi connectivity index (χ1) is 11.3. The number of hydrogen-bond acceptors (Lipinski definition) is 3. The van der Waals surface area contributed by atoms with Crippen molar-refractivity contribution >= 4 is 9.84 Å². The fourth-order valence-electron chi connectivity index (χ4n) is 2.45. The van der Waals surface area contributed by atoms with Crippen LogP contribution in [-0.2, 0) is 21.2 Å². The minimum absolute atomic E-state index is 0.323. The molecule has 0 saturated carbocycles. The van der Waals surface area contributed by atoms with Gasteiger partial charge in [-0.25, -0.2) is 8.42 Å². The van der Waals surface area contributed by atoms with Crippen molar-refractivity contribution in [3.05, 3.63) is 35.9 Å². The van der Waals surface area contributed by atoms with Gasteiger partial charge in [-0.15, -0.1) is 0 Å². The third kappa shape index (κ3) is 8.84. The monoisotopic (exact) mass is 354 g/mol. The van der Waals surface area contributed by atoms with Crippen LogP contribution in [0.25, 0.3) is 0 Å². The van der Waals surface area contributed by atoms with Gasteiger partial charge in [0.2, 0.25) is 0 Å². The molecule has 0 spiro atoms. The van der Waals surface area contributed by atoms with Crippen LogP contribution in [0.2, 0.25) is 0 Å². The second-order valence-electron chi connectivity index (χ2n) is 7.44. The first kappa shape index (κ1) is 21.2. The summed E-state index contributed by atoms with van der Waals surface area (Å²) in [6, 6.07) is 10.2. The zero-order chi connectivity index (χ0) is 17.9. The second kappa shape index (κ2) is 10.9. The van der Waals surface area contributed by atoms with Crippen molar-refractivity contribution in [1.82, 2.24) is 0 Å². The minimum Gasteiger partial charge on any atom is -0.377 e. The third-order valence-corrected chi connectivity index (χ3v) is 6.94. The zero-order valence-corrected chi connectivity index (χ0v) is 16.4. The third-order valence-electron chi connectivity index (χ3n) is 4.25. The fraction of sp³-hybridized carbons (Fsp3) is 0.700. The van der Waals surface area contributed by atoms with Crippen LogP contribution in [0.15, 0.2) is 30.3 Å². The summed E-state index contributed by atoms with van der Waals surface area (Å²) in [5.74, 6) is 0.323. The van der Waals surface area contributed by atoms with Crippen LogP contribution in [-0.4, -0.2) is 25.5 Å². The molecular formula is C20H34O3S. The van der Waals surface area contributed by atoms with Crippen LogP contribution in [0.4, 0.5) is 0 Å². The van der Waals surface area contributed by atoms with E-state index < -0.39 is 14.6 Å². The molecule has 4 heteroatoms. The maximum absolute atomic E-state index is 12.0. The van der Waals surface area contributed by atoms with Crippen molar-refractivity contribution in [3.8, 4) is 0 Å². The Kier molecular flexibility index (Phi) is 9.60. The molecule has 138 valence electrons. The zero-order valence-electron chi connectivity index (χ0n) is 15.6. The van der Waals surface area contributed by atoms with Crippen LogP contribution in [0.3, 0.4) is 0 Å². The summed E-state index contributed by atoms with van der Waals surface area (Å²) in [6.45, 7) is 6.86. The van der Waals surface area contributed by atoms with E-state index in [1.54, 1.807) is 20.8 Å². The second-order valence-corrected chi connectivity index (χ2v) is 10.3. The van der Waals surface area contributed by atoms with Gasteiger partial charge in [-0.2, -0.15) is 0 Å². The normalized spacial score (nSPS) is 12.5. The molecule has 0 aliphatic carbocycles. The van der Waals surface area contributed by atoms with Crippen LogP contribution in [0.5, 0.6) is 0 Å². The van der Waals surface area contributed by atoms with E-state index in [0.717, 1.165) is 32.3 Å². The number of rotatable bonds is 12. The van der Waals surface area contributed by atoms with E-state index in [9.17, 15) is 8.42 Å². The first-order valence-corrected chi connectivity index (χ1v) is 10.8. The smallest absolute Gasteiger partial charge is 0.155 e. The Bertz CT molecular complexity index is 530. The summed E-state index contributed by atoms with van der Waals surface area (Å²) < 4.78 is 29.0. The molecule has 1 aromatic rings. The molecule has 24 heavy (non-hydrogen) atoms. The molecule has 3 nitrogen and oxygen atoms in total.